The smallest absolute Gasteiger partial charge is 0.123 e. The minimum absolute atomic E-state index is 0.00715. The van der Waals surface area contributed by atoms with Crippen LogP contribution in [-0.2, 0) is 6.37 Å². The van der Waals surface area contributed by atoms with Crippen molar-refractivity contribution in [2.24, 2.45) is 0 Å². The molecule has 0 saturated carbocycles. The number of rotatable bonds is 2. The van der Waals surface area contributed by atoms with Gasteiger partial charge in [0.25, 0.3) is 0 Å². The van der Waals surface area contributed by atoms with Crippen LogP contribution in [0.4, 0.5) is 5.82 Å². The predicted molar refractivity (Wildman–Crippen MR) is 42.6 cm³/mol. The summed E-state index contributed by atoms with van der Waals surface area (Å²) in [6, 6.07) is 4.01. The molecule has 10 heavy (non-hydrogen) atoms. The van der Waals surface area contributed by atoms with Gasteiger partial charge in [0.05, 0.1) is 0 Å². The first-order chi connectivity index (χ1) is 7.50. The van der Waals surface area contributed by atoms with Crippen LogP contribution in [0, 0.1) is 0 Å². The van der Waals surface area contributed by atoms with E-state index in [-0.39, 0.29) is 11.5 Å². The van der Waals surface area contributed by atoms with Crippen molar-refractivity contribution in [2.45, 2.75) is 19.6 Å². The molecule has 0 aromatic carbocycles. The van der Waals surface area contributed by atoms with E-state index in [0.29, 0.717) is 0 Å². The van der Waals surface area contributed by atoms with Gasteiger partial charge in [-0.05, 0) is 18.5 Å². The van der Waals surface area contributed by atoms with Gasteiger partial charge in [0.2, 0.25) is 0 Å². The molecule has 0 amide bonds. The van der Waals surface area contributed by atoms with Crippen molar-refractivity contribution in [3.8, 4) is 0 Å². The molecule has 1 rings (SSSR count). The molecule has 1 heterocycles. The lowest BCUT2D eigenvalue weighted by atomic mass is 10.2. The number of hydrogen-bond donors (Lipinski definition) is 1. The van der Waals surface area contributed by atoms with Crippen LogP contribution in [0.2, 0.25) is 0 Å². The van der Waals surface area contributed by atoms with Crippen LogP contribution in [0.5, 0.6) is 0 Å². The number of nitrogens with two attached hydrogens (primary N) is 1. The number of nitrogen functional groups attached to an aromatic ring is 1. The lowest BCUT2D eigenvalue weighted by Crippen LogP contribution is -1.93. The second-order valence-corrected chi connectivity index (χ2v) is 1.70. The van der Waals surface area contributed by atoms with Crippen molar-refractivity contribution in [3.05, 3.63) is 23.9 Å². The number of nitrogens with zero attached hydrogens (tertiary/aromatic N) is 1. The van der Waals surface area contributed by atoms with Gasteiger partial charge >= 0.3 is 0 Å². The zero-order valence-electron chi connectivity index (χ0n) is 12.3. The summed E-state index contributed by atoms with van der Waals surface area (Å²) in [7, 11) is 0. The molecule has 0 fully saturated rings. The fraction of sp³-hybridized carbons (Fsp3) is 0.375. The third kappa shape index (κ3) is 1.72. The van der Waals surface area contributed by atoms with Crippen LogP contribution in [0.25, 0.3) is 0 Å². The van der Waals surface area contributed by atoms with E-state index < -0.39 is 19.6 Å². The second-order valence-electron chi connectivity index (χ2n) is 1.70. The summed E-state index contributed by atoms with van der Waals surface area (Å²) in [4.78, 5) is 3.64. The van der Waals surface area contributed by atoms with Crippen molar-refractivity contribution in [3.63, 3.8) is 0 Å². The Morgan fingerprint density at radius 3 is 3.40 bits per heavy atom. The Morgan fingerprint density at radius 1 is 1.80 bits per heavy atom. The SMILES string of the molecule is [2H]C([2H])([2H])C([2H])([2H])C([2H])([2H])c1cccc(N)n1. The summed E-state index contributed by atoms with van der Waals surface area (Å²) in [5.74, 6) is 0.00715. The third-order valence-corrected chi connectivity index (χ3v) is 0.961. The first-order valence-electron chi connectivity index (χ1n) is 6.23. The van der Waals surface area contributed by atoms with Crippen molar-refractivity contribution >= 4 is 5.82 Å². The summed E-state index contributed by atoms with van der Waals surface area (Å²) >= 11 is 0. The first-order valence-corrected chi connectivity index (χ1v) is 2.73. The lowest BCUT2D eigenvalue weighted by molar-refractivity contribution is 0.885. The Kier molecular flexibility index (Phi) is 0.712. The molecule has 1 aromatic rings. The number of hydrogen-bond acceptors (Lipinski definition) is 2. The Bertz CT molecular complexity index is 413. The Balaban J connectivity index is 3.28. The average Bonchev–Trinajstić information content (AvgIpc) is 2.15. The number of anilines is 1. The minimum Gasteiger partial charge on any atom is -0.384 e. The standard InChI is InChI=1S/C8H12N2/c1-2-4-7-5-3-6-8(9)10-7/h3,5-6H,2,4H2,1H3,(H2,9,10)/i1D3,2D2,4D2. The second kappa shape index (κ2) is 3.20. The lowest BCUT2D eigenvalue weighted by Gasteiger charge is -1.96. The molecule has 2 heteroatoms. The summed E-state index contributed by atoms with van der Waals surface area (Å²) < 4.78 is 51.3. The molecule has 0 aliphatic carbocycles. The topological polar surface area (TPSA) is 38.9 Å². The van der Waals surface area contributed by atoms with Gasteiger partial charge in [-0.15, -0.1) is 0 Å². The van der Waals surface area contributed by atoms with Crippen LogP contribution in [0.15, 0.2) is 18.2 Å². The van der Waals surface area contributed by atoms with Crippen LogP contribution in [0.1, 0.15) is 28.5 Å². The van der Waals surface area contributed by atoms with Gasteiger partial charge in [-0.25, -0.2) is 4.98 Å². The molecule has 2 nitrogen and oxygen atoms in total. The van der Waals surface area contributed by atoms with Crippen molar-refractivity contribution in [1.82, 2.24) is 4.98 Å². The molecule has 0 aliphatic heterocycles. The predicted octanol–water partition coefficient (Wildman–Crippen LogP) is 1.62. The molecule has 1 aromatic heterocycles. The van der Waals surface area contributed by atoms with E-state index in [2.05, 4.69) is 4.98 Å². The Morgan fingerprint density at radius 2 is 2.70 bits per heavy atom. The Labute approximate surface area is 70.9 Å². The summed E-state index contributed by atoms with van der Waals surface area (Å²) in [5, 5.41) is 0. The minimum atomic E-state index is -3.09. The molecule has 0 saturated heterocycles. The summed E-state index contributed by atoms with van der Waals surface area (Å²) in [6.07, 6.45) is -5.81. The molecule has 0 atom stereocenters. The van der Waals surface area contributed by atoms with Crippen LogP contribution in [-0.4, -0.2) is 4.98 Å². The highest BCUT2D eigenvalue weighted by atomic mass is 14.8. The van der Waals surface area contributed by atoms with Gasteiger partial charge in [-0.1, -0.05) is 19.3 Å². The molecule has 0 radical (unpaired) electrons. The maximum absolute atomic E-state index is 7.64. The van der Waals surface area contributed by atoms with Gasteiger partial charge in [0.15, 0.2) is 0 Å². The highest BCUT2D eigenvalue weighted by Gasteiger charge is 1.90. The zero-order chi connectivity index (χ0) is 13.5. The van der Waals surface area contributed by atoms with Crippen LogP contribution >= 0.6 is 0 Å². The van der Waals surface area contributed by atoms with Gasteiger partial charge in [0, 0.05) is 15.3 Å². The average molecular weight is 143 g/mol. The highest BCUT2D eigenvalue weighted by molar-refractivity contribution is 5.28. The van der Waals surface area contributed by atoms with Gasteiger partial charge in [0.1, 0.15) is 5.82 Å². The Hall–Kier alpha value is -1.05. The van der Waals surface area contributed by atoms with E-state index in [9.17, 15) is 0 Å². The fourth-order valence-electron chi connectivity index (χ4n) is 0.585. The van der Waals surface area contributed by atoms with Gasteiger partial charge in [-0.2, -0.15) is 0 Å². The number of pyridine rings is 1. The van der Waals surface area contributed by atoms with Crippen LogP contribution in [0.3, 0.4) is 0 Å². The van der Waals surface area contributed by atoms with E-state index in [0.717, 1.165) is 0 Å². The molecule has 54 valence electrons. The molecule has 0 unspecified atom stereocenters. The van der Waals surface area contributed by atoms with Crippen molar-refractivity contribution in [2.75, 3.05) is 5.73 Å². The van der Waals surface area contributed by atoms with E-state index in [1.165, 1.54) is 18.2 Å². The molecule has 2 N–H and O–H groups in total. The largest absolute Gasteiger partial charge is 0.384 e. The van der Waals surface area contributed by atoms with Crippen LogP contribution < -0.4 is 5.73 Å². The number of aryl methyl sites for hydroxylation is 1. The van der Waals surface area contributed by atoms with E-state index in [4.69, 9.17) is 15.3 Å². The summed E-state index contributed by atoms with van der Waals surface area (Å²) in [6.45, 7) is -3.09. The van der Waals surface area contributed by atoms with Gasteiger partial charge in [-0.3, -0.25) is 0 Å². The highest BCUT2D eigenvalue weighted by Crippen LogP contribution is 2.02. The van der Waals surface area contributed by atoms with Crippen molar-refractivity contribution in [1.29, 1.82) is 0 Å². The maximum Gasteiger partial charge on any atom is 0.123 e. The third-order valence-electron chi connectivity index (χ3n) is 0.961. The first kappa shape index (κ1) is 2.22. The molecule has 0 bridgehead atoms. The molecular weight excluding hydrogens is 124 g/mol. The monoisotopic (exact) mass is 143 g/mol. The van der Waals surface area contributed by atoms with Crippen molar-refractivity contribution < 1.29 is 9.60 Å². The maximum atomic E-state index is 7.64. The van der Waals surface area contributed by atoms with E-state index >= 15 is 0 Å². The molecule has 0 aliphatic rings. The molecular formula is C8H12N2. The van der Waals surface area contributed by atoms with E-state index in [1.54, 1.807) is 0 Å². The number of aromatic nitrogens is 1. The molecule has 0 spiro atoms. The van der Waals surface area contributed by atoms with E-state index in [1.807, 2.05) is 0 Å². The normalized spacial score (nSPS) is 24.2. The quantitative estimate of drug-likeness (QED) is 0.683. The summed E-state index contributed by atoms with van der Waals surface area (Å²) in [5.41, 5.74) is 5.03. The van der Waals surface area contributed by atoms with Gasteiger partial charge < -0.3 is 5.73 Å². The zero-order valence-corrected chi connectivity index (χ0v) is 5.26. The fourth-order valence-corrected chi connectivity index (χ4v) is 0.585.